The van der Waals surface area contributed by atoms with Crippen LogP contribution in [-0.2, 0) is 59.3 Å². The second-order valence-corrected chi connectivity index (χ2v) is 19.4. The van der Waals surface area contributed by atoms with Crippen molar-refractivity contribution < 1.29 is 51.6 Å². The molecule has 6 N–H and O–H groups in total. The summed E-state index contributed by atoms with van der Waals surface area (Å²) in [5.74, 6) is -0.00648. The lowest BCUT2D eigenvalue weighted by molar-refractivity contribution is -0.884. The van der Waals surface area contributed by atoms with E-state index in [0.717, 1.165) is 11.1 Å². The number of likely N-dealkylation sites (N-methyl/N-ethyl adjacent to an activating group) is 1. The Morgan fingerprint density at radius 2 is 1.76 bits per heavy atom. The van der Waals surface area contributed by atoms with Gasteiger partial charge in [-0.3, -0.25) is 14.2 Å². The summed E-state index contributed by atoms with van der Waals surface area (Å²) in [6.07, 6.45) is 7.74. The number of nitrogen functional groups attached to an aromatic ring is 1. The van der Waals surface area contributed by atoms with Crippen LogP contribution in [0.1, 0.15) is 29.7 Å². The Kier molecular flexibility index (Phi) is 20.6. The summed E-state index contributed by atoms with van der Waals surface area (Å²) in [6, 6.07) is 15.4. The molecule has 79 heavy (non-hydrogen) atoms. The molecule has 1 aliphatic heterocycles. The number of nitrogens with one attached hydrogen (secondary N) is 4. The quantitative estimate of drug-likeness (QED) is 0.0226. The first-order valence-corrected chi connectivity index (χ1v) is 26.1. The number of aryl methyl sites for hydroxylation is 1. The van der Waals surface area contributed by atoms with Crippen molar-refractivity contribution in [2.24, 2.45) is 0 Å². The van der Waals surface area contributed by atoms with Gasteiger partial charge in [0.15, 0.2) is 11.5 Å². The fourth-order valence-corrected chi connectivity index (χ4v) is 8.27. The van der Waals surface area contributed by atoms with E-state index in [4.69, 9.17) is 50.5 Å². The molecule has 2 amide bonds. The van der Waals surface area contributed by atoms with Crippen LogP contribution in [0.3, 0.4) is 0 Å². The van der Waals surface area contributed by atoms with E-state index in [1.807, 2.05) is 30.3 Å². The second kappa shape index (κ2) is 28.3. The number of imidazole rings is 1. The van der Waals surface area contributed by atoms with Gasteiger partial charge in [0.25, 0.3) is 0 Å². The number of anilines is 4. The minimum absolute atomic E-state index is 0.0320. The number of H-pyrrole nitrogens is 1. The predicted octanol–water partition coefficient (Wildman–Crippen LogP) is 4.58. The van der Waals surface area contributed by atoms with Gasteiger partial charge in [0, 0.05) is 62.3 Å². The van der Waals surface area contributed by atoms with Crippen molar-refractivity contribution in [3.05, 3.63) is 117 Å². The molecule has 0 bridgehead atoms. The zero-order valence-corrected chi connectivity index (χ0v) is 45.0. The Morgan fingerprint density at radius 1 is 0.975 bits per heavy atom. The number of fused-ring (bicyclic) bond motifs is 2. The van der Waals surface area contributed by atoms with E-state index >= 15 is 0 Å². The number of carbonyl (C=O) groups is 2. The van der Waals surface area contributed by atoms with Crippen LogP contribution in [0.25, 0.3) is 22.1 Å². The summed E-state index contributed by atoms with van der Waals surface area (Å²) in [5.41, 5.74) is 10.3. The monoisotopic (exact) mass is 1110 g/mol. The molecule has 8 rings (SSSR count). The maximum Gasteiger partial charge on any atom is 0.328 e. The zero-order chi connectivity index (χ0) is 55.6. The molecular formula is C53H65ClFN14O10+. The molecule has 1 saturated heterocycles. The number of nitrogens with two attached hydrogens (primary N) is 1. The van der Waals surface area contributed by atoms with E-state index < -0.39 is 5.82 Å². The second-order valence-electron chi connectivity index (χ2n) is 19.0. The molecule has 0 saturated carbocycles. The highest BCUT2D eigenvalue weighted by Crippen LogP contribution is 2.35. The van der Waals surface area contributed by atoms with Crippen LogP contribution in [0.4, 0.5) is 27.4 Å². The molecule has 26 heteroatoms. The largest absolute Gasteiger partial charge is 0.486 e. The highest BCUT2D eigenvalue weighted by atomic mass is 35.5. The first-order chi connectivity index (χ1) is 38.3. The van der Waals surface area contributed by atoms with Gasteiger partial charge in [0.2, 0.25) is 11.8 Å². The number of aromatic nitrogens is 9. The van der Waals surface area contributed by atoms with Gasteiger partial charge in [-0.1, -0.05) is 41.1 Å². The number of benzene rings is 3. The zero-order valence-electron chi connectivity index (χ0n) is 44.3. The number of aromatic amines is 1. The van der Waals surface area contributed by atoms with Gasteiger partial charge < -0.3 is 64.3 Å². The number of methoxy groups -OCH3 is 1. The van der Waals surface area contributed by atoms with Gasteiger partial charge in [-0.25, -0.2) is 23.8 Å². The molecule has 24 nitrogen and oxygen atoms in total. The third-order valence-electron chi connectivity index (χ3n) is 12.5. The minimum Gasteiger partial charge on any atom is -0.486 e. The molecule has 0 radical (unpaired) electrons. The average Bonchev–Trinajstić information content (AvgIpc) is 4.36. The highest BCUT2D eigenvalue weighted by Gasteiger charge is 2.22. The Hall–Kier alpha value is -7.65. The molecular weight excluding hydrogens is 1050 g/mol. The van der Waals surface area contributed by atoms with Gasteiger partial charge in [0.1, 0.15) is 48.5 Å². The van der Waals surface area contributed by atoms with E-state index in [1.54, 1.807) is 36.2 Å². The number of rotatable bonds is 31. The van der Waals surface area contributed by atoms with Crippen LogP contribution >= 0.6 is 11.6 Å². The third-order valence-corrected chi connectivity index (χ3v) is 12.8. The fraction of sp³-hybridized carbons (Fsp3) is 0.415. The van der Waals surface area contributed by atoms with Crippen molar-refractivity contribution in [2.45, 2.75) is 45.0 Å². The van der Waals surface area contributed by atoms with Crippen molar-refractivity contribution in [3.8, 4) is 11.8 Å². The maximum absolute atomic E-state index is 13.8. The third kappa shape index (κ3) is 17.2. The van der Waals surface area contributed by atoms with Gasteiger partial charge >= 0.3 is 11.7 Å². The highest BCUT2D eigenvalue weighted by molar-refractivity contribution is 6.31. The lowest BCUT2D eigenvalue weighted by atomic mass is 10.1. The van der Waals surface area contributed by atoms with Gasteiger partial charge in [-0.05, 0) is 41.5 Å². The van der Waals surface area contributed by atoms with E-state index in [9.17, 15) is 18.8 Å². The molecule has 0 aliphatic carbocycles. The van der Waals surface area contributed by atoms with Crippen molar-refractivity contribution in [2.75, 3.05) is 117 Å². The molecule has 7 aromatic rings. The number of amides is 2. The summed E-state index contributed by atoms with van der Waals surface area (Å²) in [7, 11) is 5.66. The minimum atomic E-state index is -0.535. The molecule has 3 aromatic carbocycles. The van der Waals surface area contributed by atoms with Crippen LogP contribution < -0.4 is 36.8 Å². The van der Waals surface area contributed by atoms with Crippen LogP contribution in [0, 0.1) is 5.82 Å². The van der Waals surface area contributed by atoms with Gasteiger partial charge in [-0.2, -0.15) is 9.97 Å². The summed E-state index contributed by atoms with van der Waals surface area (Å²) < 4.78 is 57.1. The summed E-state index contributed by atoms with van der Waals surface area (Å²) >= 11 is 6.02. The van der Waals surface area contributed by atoms with Crippen LogP contribution in [-0.4, -0.2) is 167 Å². The lowest BCUT2D eigenvalue weighted by Gasteiger charge is -2.28. The first-order valence-electron chi connectivity index (χ1n) is 25.7. The van der Waals surface area contributed by atoms with Gasteiger partial charge in [0.05, 0.1) is 115 Å². The molecule has 1 aliphatic rings. The normalized spacial score (nSPS) is 13.7. The van der Waals surface area contributed by atoms with E-state index in [2.05, 4.69) is 65.3 Å². The Bertz CT molecular complexity index is 3240. The smallest absolute Gasteiger partial charge is 0.328 e. The lowest BCUT2D eigenvalue weighted by Crippen LogP contribution is -2.42. The number of hydrogen-bond acceptors (Lipinski definition) is 18. The van der Waals surface area contributed by atoms with Crippen molar-refractivity contribution in [1.29, 1.82) is 0 Å². The topological polar surface area (TPSA) is 281 Å². The maximum atomic E-state index is 13.8. The molecule has 0 unspecified atom stereocenters. The summed E-state index contributed by atoms with van der Waals surface area (Å²) in [4.78, 5) is 58.8. The Labute approximate surface area is 459 Å². The van der Waals surface area contributed by atoms with E-state index in [0.29, 0.717) is 154 Å². The Balaban J connectivity index is 0.666. The predicted molar refractivity (Wildman–Crippen MR) is 292 cm³/mol. The van der Waals surface area contributed by atoms with E-state index in [1.165, 1.54) is 29.1 Å². The van der Waals surface area contributed by atoms with Crippen LogP contribution in [0.15, 0.2) is 84.1 Å². The van der Waals surface area contributed by atoms with Crippen LogP contribution in [0.5, 0.6) is 11.8 Å². The molecule has 0 spiro atoms. The fourth-order valence-electron chi connectivity index (χ4n) is 8.09. The standard InChI is InChI=1S/C53H64ClFN14O10/c1-69(2,16-4-5-47(71)61-44-28-40-43(29-45(44)79-39-14-18-77-33-39)58-34-59-50(40)60-37-10-12-42(55)41(54)27-37)17-20-75-23-25-76-24-22-74-19-15-67-32-38(65-66-67)11-13-46(70)57-30-35-6-8-36(9-7-35)31-68-51-48(62-53(68)72)49(56)63-52(64-51)78-26-21-73-3/h4-10,12,27-29,32,34,39H,11,13-26,30-31,33H2,1-3H3,(H5-,56,57,58,59,60,61,62,63,64,65,66,70,71,72)/p+1/b5-4+/t39-/m1/s1. The van der Waals surface area contributed by atoms with Crippen molar-refractivity contribution in [3.63, 3.8) is 0 Å². The number of quaternary nitrogens is 1. The molecule has 420 valence electrons. The van der Waals surface area contributed by atoms with Crippen molar-refractivity contribution in [1.82, 2.24) is 49.8 Å². The van der Waals surface area contributed by atoms with E-state index in [-0.39, 0.29) is 60.0 Å². The molecule has 1 atom stereocenters. The number of halogens is 2. The molecule has 5 heterocycles. The van der Waals surface area contributed by atoms with Crippen LogP contribution in [0.2, 0.25) is 5.02 Å². The number of ether oxygens (including phenoxy) is 7. The number of nitrogens with zero attached hydrogens (tertiary/aromatic N) is 9. The summed E-state index contributed by atoms with van der Waals surface area (Å²) in [5, 5.41) is 18.0. The summed E-state index contributed by atoms with van der Waals surface area (Å²) in [6.45, 7) is 6.51. The molecule has 4 aromatic heterocycles. The average molecular weight is 1110 g/mol. The van der Waals surface area contributed by atoms with Gasteiger partial charge in [-0.15, -0.1) is 5.10 Å². The Morgan fingerprint density at radius 3 is 2.53 bits per heavy atom. The van der Waals surface area contributed by atoms with Crippen molar-refractivity contribution >= 4 is 68.5 Å². The first kappa shape index (κ1) is 57.5. The molecule has 1 fully saturated rings. The number of carbonyl (C=O) groups excluding carboxylic acids is 2. The SMILES string of the molecule is COCCOc1nc(N)c2[nH]c(=O)n(Cc3ccc(CNC(=O)CCc4cn(CCOCCOCCOCC[N+](C)(C)C/C=C/C(=O)Nc5cc6c(Nc7ccc(F)c(Cl)c7)ncnc6cc5O[C@@H]5CCOC5)nn4)cc3)c2n1. The number of hydrogen-bond donors (Lipinski definition) is 5.